The molecule has 0 bridgehead atoms. The van der Waals surface area contributed by atoms with Crippen molar-refractivity contribution < 1.29 is 14.7 Å². The molecule has 114 valence electrons. The van der Waals surface area contributed by atoms with Gasteiger partial charge in [-0.25, -0.2) is 9.59 Å². The normalized spacial score (nSPS) is 25.4. The number of rotatable bonds is 4. The van der Waals surface area contributed by atoms with Gasteiger partial charge in [-0.2, -0.15) is 0 Å². The first-order chi connectivity index (χ1) is 9.58. The summed E-state index contributed by atoms with van der Waals surface area (Å²) < 4.78 is 0. The number of carbonyl (C=O) groups excluding carboxylic acids is 1. The van der Waals surface area contributed by atoms with Gasteiger partial charge in [-0.1, -0.05) is 6.42 Å². The summed E-state index contributed by atoms with van der Waals surface area (Å²) in [5.74, 6) is 0.0107. The van der Waals surface area contributed by atoms with E-state index < -0.39 is 12.0 Å². The highest BCUT2D eigenvalue weighted by atomic mass is 32.2. The highest BCUT2D eigenvalue weighted by Gasteiger charge is 2.35. The van der Waals surface area contributed by atoms with Gasteiger partial charge in [0, 0.05) is 18.3 Å². The number of hydrogen-bond donors (Lipinski definition) is 2. The van der Waals surface area contributed by atoms with Gasteiger partial charge in [-0.05, 0) is 32.9 Å². The molecule has 2 amide bonds. The second-order valence-electron chi connectivity index (χ2n) is 5.54. The summed E-state index contributed by atoms with van der Waals surface area (Å²) in [4.78, 5) is 27.0. The minimum Gasteiger partial charge on any atom is -0.480 e. The molecule has 0 aromatic heterocycles. The van der Waals surface area contributed by atoms with Crippen molar-refractivity contribution in [3.05, 3.63) is 0 Å². The van der Waals surface area contributed by atoms with Crippen molar-refractivity contribution in [2.75, 3.05) is 31.3 Å². The molecule has 2 saturated heterocycles. The van der Waals surface area contributed by atoms with E-state index in [1.165, 1.54) is 35.9 Å². The highest BCUT2D eigenvalue weighted by molar-refractivity contribution is 7.99. The zero-order chi connectivity index (χ0) is 14.5. The number of carboxylic acids is 1. The molecule has 2 aliphatic heterocycles. The number of carbonyl (C=O) groups is 2. The molecule has 20 heavy (non-hydrogen) atoms. The Morgan fingerprint density at radius 3 is 2.70 bits per heavy atom. The summed E-state index contributed by atoms with van der Waals surface area (Å²) in [6.45, 7) is 5.00. The molecule has 2 rings (SSSR count). The van der Waals surface area contributed by atoms with Gasteiger partial charge in [0.1, 0.15) is 6.04 Å². The monoisotopic (exact) mass is 301 g/mol. The number of likely N-dealkylation sites (tertiary alicyclic amines) is 1. The molecule has 2 aliphatic rings. The molecule has 7 heteroatoms. The number of nitrogens with zero attached hydrogens (tertiary/aromatic N) is 2. The third-order valence-corrected chi connectivity index (χ3v) is 4.79. The molecule has 0 aromatic carbocycles. The average molecular weight is 301 g/mol. The maximum absolute atomic E-state index is 12.1. The molecule has 2 N–H and O–H groups in total. The zero-order valence-electron chi connectivity index (χ0n) is 11.9. The van der Waals surface area contributed by atoms with Gasteiger partial charge in [0.05, 0.1) is 5.88 Å². The van der Waals surface area contributed by atoms with Crippen LogP contribution in [0.15, 0.2) is 0 Å². The van der Waals surface area contributed by atoms with E-state index in [0.717, 1.165) is 19.6 Å². The van der Waals surface area contributed by atoms with E-state index in [1.54, 1.807) is 0 Å². The number of amides is 2. The first-order valence-electron chi connectivity index (χ1n) is 7.18. The van der Waals surface area contributed by atoms with Crippen molar-refractivity contribution in [3.63, 3.8) is 0 Å². The Morgan fingerprint density at radius 1 is 1.35 bits per heavy atom. The molecular formula is C13H23N3O3S. The first kappa shape index (κ1) is 15.4. The lowest BCUT2D eigenvalue weighted by Gasteiger charge is -2.30. The molecule has 0 radical (unpaired) electrons. The van der Waals surface area contributed by atoms with E-state index in [-0.39, 0.29) is 12.1 Å². The van der Waals surface area contributed by atoms with E-state index in [9.17, 15) is 9.59 Å². The summed E-state index contributed by atoms with van der Waals surface area (Å²) >= 11 is 1.48. The standard InChI is InChI=1S/C13H23N3O3S/c1-10(7-15-5-3-2-4-6-15)14-13(19)16-9-20-8-11(16)12(17)18/h10-11H,2-9H2,1H3,(H,14,19)(H,17,18). The fourth-order valence-electron chi connectivity index (χ4n) is 2.72. The van der Waals surface area contributed by atoms with Gasteiger partial charge >= 0.3 is 12.0 Å². The molecule has 2 unspecified atom stereocenters. The van der Waals surface area contributed by atoms with Crippen LogP contribution in [0.2, 0.25) is 0 Å². The number of urea groups is 1. The quantitative estimate of drug-likeness (QED) is 0.811. The molecule has 6 nitrogen and oxygen atoms in total. The summed E-state index contributed by atoms with van der Waals surface area (Å²) in [5, 5.41) is 12.0. The van der Waals surface area contributed by atoms with E-state index in [1.807, 2.05) is 6.92 Å². The van der Waals surface area contributed by atoms with Crippen LogP contribution < -0.4 is 5.32 Å². The smallest absolute Gasteiger partial charge is 0.327 e. The second-order valence-corrected chi connectivity index (χ2v) is 6.54. The van der Waals surface area contributed by atoms with Crippen LogP contribution in [0.4, 0.5) is 4.79 Å². The number of nitrogens with one attached hydrogen (secondary N) is 1. The number of piperidine rings is 1. The van der Waals surface area contributed by atoms with Crippen LogP contribution in [-0.4, -0.2) is 70.3 Å². The Bertz CT molecular complexity index is 361. The molecule has 0 spiro atoms. The molecule has 0 saturated carbocycles. The molecule has 2 atom stereocenters. The summed E-state index contributed by atoms with van der Waals surface area (Å²) in [6.07, 6.45) is 3.75. The fraction of sp³-hybridized carbons (Fsp3) is 0.846. The highest BCUT2D eigenvalue weighted by Crippen LogP contribution is 2.21. The maximum atomic E-state index is 12.1. The van der Waals surface area contributed by atoms with Crippen LogP contribution in [0.5, 0.6) is 0 Å². The van der Waals surface area contributed by atoms with E-state index in [0.29, 0.717) is 11.6 Å². The zero-order valence-corrected chi connectivity index (χ0v) is 12.7. The third-order valence-electron chi connectivity index (χ3n) is 3.78. The molecule has 2 heterocycles. The summed E-state index contributed by atoms with van der Waals surface area (Å²) in [6, 6.07) is -0.908. The molecule has 0 aliphatic carbocycles. The van der Waals surface area contributed by atoms with Crippen molar-refractivity contribution in [3.8, 4) is 0 Å². The minimum atomic E-state index is -0.922. The Morgan fingerprint density at radius 2 is 2.05 bits per heavy atom. The summed E-state index contributed by atoms with van der Waals surface area (Å²) in [7, 11) is 0. The van der Waals surface area contributed by atoms with Gasteiger partial charge in [0.15, 0.2) is 0 Å². The van der Waals surface area contributed by atoms with Gasteiger partial charge in [0.25, 0.3) is 0 Å². The molecule has 0 aromatic rings. The first-order valence-corrected chi connectivity index (χ1v) is 8.33. The van der Waals surface area contributed by atoms with Crippen LogP contribution in [0.3, 0.4) is 0 Å². The van der Waals surface area contributed by atoms with Crippen molar-refractivity contribution in [1.29, 1.82) is 0 Å². The fourth-order valence-corrected chi connectivity index (χ4v) is 3.86. The predicted octanol–water partition coefficient (Wildman–Crippen LogP) is 1.03. The number of carboxylic acid groups (broad SMARTS) is 1. The Labute approximate surface area is 123 Å². The van der Waals surface area contributed by atoms with E-state index in [2.05, 4.69) is 10.2 Å². The van der Waals surface area contributed by atoms with Crippen molar-refractivity contribution in [2.45, 2.75) is 38.3 Å². The lowest BCUT2D eigenvalue weighted by Crippen LogP contribution is -2.51. The second kappa shape index (κ2) is 7.17. The number of aliphatic carboxylic acids is 1. The summed E-state index contributed by atoms with van der Waals surface area (Å²) in [5.41, 5.74) is 0. The Balaban J connectivity index is 1.79. The van der Waals surface area contributed by atoms with E-state index in [4.69, 9.17) is 5.11 Å². The van der Waals surface area contributed by atoms with Crippen molar-refractivity contribution in [1.82, 2.24) is 15.1 Å². The third kappa shape index (κ3) is 4.02. The Hall–Kier alpha value is -0.950. The van der Waals surface area contributed by atoms with Gasteiger partial charge in [-0.3, -0.25) is 0 Å². The van der Waals surface area contributed by atoms with Crippen molar-refractivity contribution in [2.24, 2.45) is 0 Å². The molecular weight excluding hydrogens is 278 g/mol. The van der Waals surface area contributed by atoms with Crippen molar-refractivity contribution >= 4 is 23.8 Å². The number of hydrogen-bond acceptors (Lipinski definition) is 4. The molecule has 2 fully saturated rings. The average Bonchev–Trinajstić information content (AvgIpc) is 2.89. The SMILES string of the molecule is CC(CN1CCCCC1)NC(=O)N1CSCC1C(=O)O. The van der Waals surface area contributed by atoms with Gasteiger partial charge < -0.3 is 20.2 Å². The van der Waals surface area contributed by atoms with Crippen LogP contribution >= 0.6 is 11.8 Å². The van der Waals surface area contributed by atoms with Gasteiger partial charge in [0.2, 0.25) is 0 Å². The largest absolute Gasteiger partial charge is 0.480 e. The van der Waals surface area contributed by atoms with E-state index >= 15 is 0 Å². The minimum absolute atomic E-state index is 0.0423. The van der Waals surface area contributed by atoms with Gasteiger partial charge in [-0.15, -0.1) is 11.8 Å². The maximum Gasteiger partial charge on any atom is 0.327 e. The van der Waals surface area contributed by atoms with Crippen LogP contribution in [0, 0.1) is 0 Å². The van der Waals surface area contributed by atoms with Crippen LogP contribution in [0.25, 0.3) is 0 Å². The topological polar surface area (TPSA) is 72.9 Å². The van der Waals surface area contributed by atoms with Crippen LogP contribution in [-0.2, 0) is 4.79 Å². The Kier molecular flexibility index (Phi) is 5.54. The lowest BCUT2D eigenvalue weighted by atomic mass is 10.1. The number of thioether (sulfide) groups is 1. The lowest BCUT2D eigenvalue weighted by molar-refractivity contribution is -0.140. The predicted molar refractivity (Wildman–Crippen MR) is 78.9 cm³/mol. The van der Waals surface area contributed by atoms with Crippen LogP contribution in [0.1, 0.15) is 26.2 Å².